The Kier molecular flexibility index (Phi) is 11.0. The number of anilines is 1. The highest BCUT2D eigenvalue weighted by atomic mass is 32.2. The van der Waals surface area contributed by atoms with E-state index in [1.807, 2.05) is 37.3 Å². The first-order chi connectivity index (χ1) is 22.6. The van der Waals surface area contributed by atoms with Gasteiger partial charge in [0.15, 0.2) is 0 Å². The lowest BCUT2D eigenvalue weighted by atomic mass is 9.94. The van der Waals surface area contributed by atoms with E-state index in [9.17, 15) is 22.4 Å². The minimum Gasteiger partial charge on any atom is -0.352 e. The summed E-state index contributed by atoms with van der Waals surface area (Å²) in [5.41, 5.74) is 1.87. The first kappa shape index (κ1) is 33.8. The Labute approximate surface area is 275 Å². The summed E-state index contributed by atoms with van der Waals surface area (Å²) in [6.45, 7) is 0.838. The molecule has 4 aromatic rings. The monoisotopic (exact) mass is 659 g/mol. The molecular weight excluding hydrogens is 620 g/mol. The number of hydrogen-bond acceptors (Lipinski definition) is 4. The van der Waals surface area contributed by atoms with E-state index >= 15 is 4.39 Å². The van der Waals surface area contributed by atoms with Crippen LogP contribution in [0.15, 0.2) is 108 Å². The van der Waals surface area contributed by atoms with Crippen molar-refractivity contribution in [2.45, 2.75) is 69.0 Å². The Balaban J connectivity index is 1.56. The standard InChI is InChI=1S/C37H39F2N3O4S/c1-27-16-22-33(23-17-27)47(45,46)42(32-20-18-30(38)19-21-32)26-36(43)41(25-29-12-8-9-15-34(29)39)35(24-28-10-4-2-5-11-28)37(44)40-31-13-6-3-7-14-31/h2,4-5,8-12,15-23,31,35H,3,6-7,13-14,24-26H2,1H3,(H,40,44). The number of sulfonamides is 1. The molecule has 1 aliphatic carbocycles. The van der Waals surface area contributed by atoms with Gasteiger partial charge < -0.3 is 10.2 Å². The molecule has 1 atom stereocenters. The summed E-state index contributed by atoms with van der Waals surface area (Å²) in [5.74, 6) is -2.23. The fourth-order valence-electron chi connectivity index (χ4n) is 5.88. The van der Waals surface area contributed by atoms with E-state index in [1.165, 1.54) is 47.4 Å². The summed E-state index contributed by atoms with van der Waals surface area (Å²) in [7, 11) is -4.33. The van der Waals surface area contributed by atoms with Crippen LogP contribution in [-0.4, -0.2) is 43.8 Å². The van der Waals surface area contributed by atoms with Gasteiger partial charge >= 0.3 is 0 Å². The number of benzene rings is 4. The third kappa shape index (κ3) is 8.62. The van der Waals surface area contributed by atoms with E-state index in [4.69, 9.17) is 0 Å². The summed E-state index contributed by atoms with van der Waals surface area (Å²) in [6, 6.07) is 25.0. The number of amides is 2. The normalized spacial score (nSPS) is 14.3. The third-order valence-electron chi connectivity index (χ3n) is 8.52. The molecule has 4 aromatic carbocycles. The van der Waals surface area contributed by atoms with E-state index in [2.05, 4.69) is 5.32 Å². The fourth-order valence-corrected chi connectivity index (χ4v) is 7.30. The predicted octanol–water partition coefficient (Wildman–Crippen LogP) is 6.56. The molecule has 0 heterocycles. The van der Waals surface area contributed by atoms with Gasteiger partial charge in [0.25, 0.3) is 10.0 Å². The number of carbonyl (C=O) groups excluding carboxylic acids is 2. The predicted molar refractivity (Wildman–Crippen MR) is 178 cm³/mol. The molecule has 0 saturated heterocycles. The maximum Gasteiger partial charge on any atom is 0.264 e. The van der Waals surface area contributed by atoms with Crippen LogP contribution in [-0.2, 0) is 32.6 Å². The second kappa shape index (κ2) is 15.3. The minimum absolute atomic E-state index is 0.0578. The van der Waals surface area contributed by atoms with Crippen LogP contribution in [0.1, 0.15) is 48.8 Å². The quantitative estimate of drug-likeness (QED) is 0.187. The Morgan fingerprint density at radius 3 is 2.13 bits per heavy atom. The molecule has 0 radical (unpaired) electrons. The van der Waals surface area contributed by atoms with Crippen molar-refractivity contribution in [2.75, 3.05) is 10.8 Å². The van der Waals surface area contributed by atoms with Crippen molar-refractivity contribution in [3.63, 3.8) is 0 Å². The molecule has 1 fully saturated rings. The van der Waals surface area contributed by atoms with Crippen LogP contribution in [0, 0.1) is 18.6 Å². The minimum atomic E-state index is -4.33. The van der Waals surface area contributed by atoms with Crippen LogP contribution in [0.25, 0.3) is 0 Å². The molecule has 0 spiro atoms. The maximum atomic E-state index is 15.1. The highest BCUT2D eigenvalue weighted by molar-refractivity contribution is 7.92. The molecule has 1 saturated carbocycles. The third-order valence-corrected chi connectivity index (χ3v) is 10.3. The van der Waals surface area contributed by atoms with Crippen molar-refractivity contribution in [3.05, 3.63) is 131 Å². The van der Waals surface area contributed by atoms with Gasteiger partial charge in [-0.25, -0.2) is 17.2 Å². The van der Waals surface area contributed by atoms with Crippen LogP contribution in [0.5, 0.6) is 0 Å². The summed E-state index contributed by atoms with van der Waals surface area (Å²) in [4.78, 5) is 29.8. The van der Waals surface area contributed by atoms with E-state index < -0.39 is 40.2 Å². The van der Waals surface area contributed by atoms with Crippen LogP contribution in [0.4, 0.5) is 14.5 Å². The molecule has 0 bridgehead atoms. The number of aryl methyl sites for hydroxylation is 1. The van der Waals surface area contributed by atoms with Gasteiger partial charge in [-0.1, -0.05) is 85.5 Å². The Morgan fingerprint density at radius 1 is 0.830 bits per heavy atom. The summed E-state index contributed by atoms with van der Waals surface area (Å²) < 4.78 is 58.1. The smallest absolute Gasteiger partial charge is 0.264 e. The first-order valence-corrected chi connectivity index (χ1v) is 17.3. The molecule has 0 aromatic heterocycles. The highest BCUT2D eigenvalue weighted by Crippen LogP contribution is 2.26. The number of halogens is 2. The molecular formula is C37H39F2N3O4S. The Hall–Kier alpha value is -4.57. The largest absolute Gasteiger partial charge is 0.352 e. The number of nitrogens with one attached hydrogen (secondary N) is 1. The lowest BCUT2D eigenvalue weighted by Crippen LogP contribution is -2.55. The van der Waals surface area contributed by atoms with Gasteiger partial charge in [-0.3, -0.25) is 13.9 Å². The number of hydrogen-bond donors (Lipinski definition) is 1. The van der Waals surface area contributed by atoms with E-state index in [-0.39, 0.29) is 41.1 Å². The molecule has 47 heavy (non-hydrogen) atoms. The molecule has 1 N–H and O–H groups in total. The second-order valence-electron chi connectivity index (χ2n) is 12.0. The molecule has 0 aliphatic heterocycles. The highest BCUT2D eigenvalue weighted by Gasteiger charge is 2.35. The second-order valence-corrected chi connectivity index (χ2v) is 13.8. The SMILES string of the molecule is Cc1ccc(S(=O)(=O)N(CC(=O)N(Cc2ccccc2F)C(Cc2ccccc2)C(=O)NC2CCCCC2)c2ccc(F)cc2)cc1. The molecule has 10 heteroatoms. The number of nitrogens with zero attached hydrogens (tertiary/aromatic N) is 2. The average Bonchev–Trinajstić information content (AvgIpc) is 3.07. The summed E-state index contributed by atoms with van der Waals surface area (Å²) in [5, 5.41) is 3.13. The van der Waals surface area contributed by atoms with Crippen LogP contribution >= 0.6 is 0 Å². The fraction of sp³-hybridized carbons (Fsp3) is 0.297. The maximum absolute atomic E-state index is 15.1. The zero-order valence-electron chi connectivity index (χ0n) is 26.3. The van der Waals surface area contributed by atoms with Gasteiger partial charge in [0.1, 0.15) is 24.2 Å². The molecule has 1 unspecified atom stereocenters. The van der Waals surface area contributed by atoms with Crippen molar-refractivity contribution in [1.82, 2.24) is 10.2 Å². The summed E-state index contributed by atoms with van der Waals surface area (Å²) >= 11 is 0. The van der Waals surface area contributed by atoms with Crippen molar-refractivity contribution >= 4 is 27.5 Å². The number of rotatable bonds is 12. The van der Waals surface area contributed by atoms with Gasteiger partial charge in [-0.15, -0.1) is 0 Å². The topological polar surface area (TPSA) is 86.8 Å². The van der Waals surface area contributed by atoms with Gasteiger partial charge in [-0.2, -0.15) is 0 Å². The van der Waals surface area contributed by atoms with E-state index in [1.54, 1.807) is 18.2 Å². The Bertz CT molecular complexity index is 1760. The zero-order valence-corrected chi connectivity index (χ0v) is 27.1. The van der Waals surface area contributed by atoms with Crippen LogP contribution in [0.2, 0.25) is 0 Å². The van der Waals surface area contributed by atoms with Gasteiger partial charge in [0.2, 0.25) is 11.8 Å². The first-order valence-electron chi connectivity index (χ1n) is 15.8. The van der Waals surface area contributed by atoms with Crippen molar-refractivity contribution < 1.29 is 26.8 Å². The van der Waals surface area contributed by atoms with Crippen LogP contribution < -0.4 is 9.62 Å². The lowest BCUT2D eigenvalue weighted by Gasteiger charge is -2.35. The molecule has 1 aliphatic rings. The van der Waals surface area contributed by atoms with Gasteiger partial charge in [0, 0.05) is 24.6 Å². The summed E-state index contributed by atoms with van der Waals surface area (Å²) in [6.07, 6.45) is 4.81. The molecule has 7 nitrogen and oxygen atoms in total. The lowest BCUT2D eigenvalue weighted by molar-refractivity contribution is -0.140. The molecule has 2 amide bonds. The Morgan fingerprint density at radius 2 is 1.47 bits per heavy atom. The average molecular weight is 660 g/mol. The molecule has 5 rings (SSSR count). The number of carbonyl (C=O) groups is 2. The van der Waals surface area contributed by atoms with Crippen molar-refractivity contribution in [1.29, 1.82) is 0 Å². The van der Waals surface area contributed by atoms with Crippen molar-refractivity contribution in [2.24, 2.45) is 0 Å². The molecule has 246 valence electrons. The van der Waals surface area contributed by atoms with Gasteiger partial charge in [0.05, 0.1) is 10.6 Å². The zero-order chi connectivity index (χ0) is 33.4. The van der Waals surface area contributed by atoms with Crippen LogP contribution in [0.3, 0.4) is 0 Å². The van der Waals surface area contributed by atoms with E-state index in [0.717, 1.165) is 59.7 Å². The van der Waals surface area contributed by atoms with Gasteiger partial charge in [-0.05, 0) is 67.8 Å². The van der Waals surface area contributed by atoms with Crippen molar-refractivity contribution in [3.8, 4) is 0 Å². The van der Waals surface area contributed by atoms with E-state index in [0.29, 0.717) is 0 Å².